The first-order valence-corrected chi connectivity index (χ1v) is 5.69. The van der Waals surface area contributed by atoms with E-state index in [0.29, 0.717) is 0 Å². The van der Waals surface area contributed by atoms with Crippen LogP contribution in [0.1, 0.15) is 39.5 Å². The number of nitrogens with one attached hydrogen (secondary N) is 1. The second-order valence-electron chi connectivity index (χ2n) is 4.54. The lowest BCUT2D eigenvalue weighted by Crippen LogP contribution is -2.42. The summed E-state index contributed by atoms with van der Waals surface area (Å²) >= 11 is 0. The summed E-state index contributed by atoms with van der Waals surface area (Å²) in [6, 6.07) is 0.734. The third-order valence-electron chi connectivity index (χ3n) is 3.23. The molecule has 2 unspecified atom stereocenters. The molecule has 0 spiro atoms. The molecule has 0 saturated heterocycles. The van der Waals surface area contributed by atoms with Crippen molar-refractivity contribution in [1.82, 2.24) is 5.32 Å². The largest absolute Gasteiger partial charge is 0.329 e. The van der Waals surface area contributed by atoms with E-state index in [1.807, 2.05) is 0 Å². The van der Waals surface area contributed by atoms with Gasteiger partial charge in [-0.05, 0) is 24.7 Å². The molecule has 0 radical (unpaired) electrons. The summed E-state index contributed by atoms with van der Waals surface area (Å²) in [6.45, 7) is 6.43. The second-order valence-corrected chi connectivity index (χ2v) is 4.54. The van der Waals surface area contributed by atoms with Crippen LogP contribution >= 0.6 is 0 Å². The zero-order valence-corrected chi connectivity index (χ0v) is 9.05. The molecule has 0 aromatic carbocycles. The maximum Gasteiger partial charge on any atom is 0.00983 e. The monoisotopic (exact) mass is 184 g/mol. The van der Waals surface area contributed by atoms with Gasteiger partial charge in [0.1, 0.15) is 0 Å². The summed E-state index contributed by atoms with van der Waals surface area (Å²) < 4.78 is 0. The number of hydrogen-bond acceptors (Lipinski definition) is 2. The molecule has 0 bridgehead atoms. The van der Waals surface area contributed by atoms with Crippen molar-refractivity contribution in [2.75, 3.05) is 13.1 Å². The van der Waals surface area contributed by atoms with Gasteiger partial charge in [-0.1, -0.05) is 26.7 Å². The van der Waals surface area contributed by atoms with E-state index in [-0.39, 0.29) is 0 Å². The summed E-state index contributed by atoms with van der Waals surface area (Å²) in [5.41, 5.74) is 5.50. The molecule has 0 aromatic rings. The highest BCUT2D eigenvalue weighted by Crippen LogP contribution is 2.29. The predicted octanol–water partition coefficient (Wildman–Crippen LogP) is 1.75. The van der Waals surface area contributed by atoms with Crippen molar-refractivity contribution in [2.45, 2.75) is 45.6 Å². The van der Waals surface area contributed by atoms with E-state index in [0.717, 1.165) is 31.0 Å². The SMILES string of the molecule is CC(C)C1CCCCC1NCCN. The topological polar surface area (TPSA) is 38.0 Å². The molecule has 1 fully saturated rings. The van der Waals surface area contributed by atoms with Gasteiger partial charge in [0.2, 0.25) is 0 Å². The average molecular weight is 184 g/mol. The van der Waals surface area contributed by atoms with Gasteiger partial charge < -0.3 is 11.1 Å². The zero-order valence-electron chi connectivity index (χ0n) is 9.05. The third-order valence-corrected chi connectivity index (χ3v) is 3.23. The maximum atomic E-state index is 5.50. The van der Waals surface area contributed by atoms with E-state index >= 15 is 0 Å². The molecule has 1 aliphatic rings. The number of rotatable bonds is 4. The lowest BCUT2D eigenvalue weighted by atomic mass is 9.78. The highest BCUT2D eigenvalue weighted by Gasteiger charge is 2.26. The van der Waals surface area contributed by atoms with Gasteiger partial charge in [0.15, 0.2) is 0 Å². The molecule has 2 nitrogen and oxygen atoms in total. The van der Waals surface area contributed by atoms with E-state index in [2.05, 4.69) is 19.2 Å². The first-order valence-electron chi connectivity index (χ1n) is 5.69. The van der Waals surface area contributed by atoms with E-state index in [1.54, 1.807) is 0 Å². The van der Waals surface area contributed by atoms with Gasteiger partial charge in [0.25, 0.3) is 0 Å². The van der Waals surface area contributed by atoms with Crippen LogP contribution in [0.3, 0.4) is 0 Å². The fourth-order valence-corrected chi connectivity index (χ4v) is 2.48. The van der Waals surface area contributed by atoms with Crippen molar-refractivity contribution >= 4 is 0 Å². The molecule has 13 heavy (non-hydrogen) atoms. The minimum Gasteiger partial charge on any atom is -0.329 e. The van der Waals surface area contributed by atoms with Crippen molar-refractivity contribution in [2.24, 2.45) is 17.6 Å². The molecule has 1 rings (SSSR count). The molecule has 2 atom stereocenters. The Balaban J connectivity index is 2.37. The number of nitrogens with two attached hydrogens (primary N) is 1. The highest BCUT2D eigenvalue weighted by atomic mass is 14.9. The van der Waals surface area contributed by atoms with Gasteiger partial charge in [0.05, 0.1) is 0 Å². The van der Waals surface area contributed by atoms with Crippen LogP contribution in [0.15, 0.2) is 0 Å². The molecule has 2 heteroatoms. The Morgan fingerprint density at radius 1 is 1.31 bits per heavy atom. The number of hydrogen-bond donors (Lipinski definition) is 2. The normalized spacial score (nSPS) is 29.5. The third kappa shape index (κ3) is 3.28. The average Bonchev–Trinajstić information content (AvgIpc) is 2.15. The predicted molar refractivity (Wildman–Crippen MR) is 57.6 cm³/mol. The molecule has 0 amide bonds. The van der Waals surface area contributed by atoms with Crippen LogP contribution in [0.25, 0.3) is 0 Å². The Hall–Kier alpha value is -0.0800. The smallest absolute Gasteiger partial charge is 0.00983 e. The maximum absolute atomic E-state index is 5.50. The van der Waals surface area contributed by atoms with Gasteiger partial charge in [-0.3, -0.25) is 0 Å². The summed E-state index contributed by atoms with van der Waals surface area (Å²) in [5.74, 6) is 1.69. The Morgan fingerprint density at radius 3 is 2.62 bits per heavy atom. The molecular formula is C11H24N2. The van der Waals surface area contributed by atoms with Crippen LogP contribution in [0, 0.1) is 11.8 Å². The second kappa shape index (κ2) is 5.61. The molecular weight excluding hydrogens is 160 g/mol. The summed E-state index contributed by atoms with van der Waals surface area (Å²) in [6.07, 6.45) is 5.57. The Kier molecular flexibility index (Phi) is 4.74. The molecule has 0 aromatic heterocycles. The van der Waals surface area contributed by atoms with Crippen LogP contribution in [0.5, 0.6) is 0 Å². The summed E-state index contributed by atoms with van der Waals surface area (Å²) in [4.78, 5) is 0. The Bertz CT molecular complexity index is 134. The van der Waals surface area contributed by atoms with Crippen molar-refractivity contribution in [1.29, 1.82) is 0 Å². The fraction of sp³-hybridized carbons (Fsp3) is 1.00. The van der Waals surface area contributed by atoms with E-state index in [9.17, 15) is 0 Å². The summed E-state index contributed by atoms with van der Waals surface area (Å²) in [7, 11) is 0. The fourth-order valence-electron chi connectivity index (χ4n) is 2.48. The first kappa shape index (κ1) is 11.0. The van der Waals surface area contributed by atoms with Crippen molar-refractivity contribution < 1.29 is 0 Å². The summed E-state index contributed by atoms with van der Waals surface area (Å²) in [5, 5.41) is 3.58. The molecule has 1 aliphatic carbocycles. The van der Waals surface area contributed by atoms with Crippen molar-refractivity contribution in [3.8, 4) is 0 Å². The highest BCUT2D eigenvalue weighted by molar-refractivity contribution is 4.82. The van der Waals surface area contributed by atoms with Gasteiger partial charge in [-0.25, -0.2) is 0 Å². The quantitative estimate of drug-likeness (QED) is 0.698. The van der Waals surface area contributed by atoms with Gasteiger partial charge in [-0.2, -0.15) is 0 Å². The van der Waals surface area contributed by atoms with Crippen LogP contribution in [-0.2, 0) is 0 Å². The van der Waals surface area contributed by atoms with E-state index in [4.69, 9.17) is 5.73 Å². The molecule has 0 aliphatic heterocycles. The van der Waals surface area contributed by atoms with Gasteiger partial charge >= 0.3 is 0 Å². The minimum absolute atomic E-state index is 0.734. The van der Waals surface area contributed by atoms with Crippen LogP contribution in [0.4, 0.5) is 0 Å². The van der Waals surface area contributed by atoms with Crippen LogP contribution in [-0.4, -0.2) is 19.1 Å². The molecule has 0 heterocycles. The Labute approximate surface area is 82.3 Å². The zero-order chi connectivity index (χ0) is 9.68. The van der Waals surface area contributed by atoms with Crippen molar-refractivity contribution in [3.63, 3.8) is 0 Å². The van der Waals surface area contributed by atoms with Crippen LogP contribution < -0.4 is 11.1 Å². The minimum atomic E-state index is 0.734. The van der Waals surface area contributed by atoms with Crippen LogP contribution in [0.2, 0.25) is 0 Å². The molecule has 78 valence electrons. The lowest BCUT2D eigenvalue weighted by Gasteiger charge is -2.35. The molecule has 1 saturated carbocycles. The standard InChI is InChI=1S/C11H24N2/c1-9(2)10-5-3-4-6-11(10)13-8-7-12/h9-11,13H,3-8,12H2,1-2H3. The van der Waals surface area contributed by atoms with Gasteiger partial charge in [-0.15, -0.1) is 0 Å². The van der Waals surface area contributed by atoms with E-state index in [1.165, 1.54) is 25.7 Å². The lowest BCUT2D eigenvalue weighted by molar-refractivity contribution is 0.207. The van der Waals surface area contributed by atoms with E-state index < -0.39 is 0 Å². The first-order chi connectivity index (χ1) is 6.25. The van der Waals surface area contributed by atoms with Gasteiger partial charge in [0, 0.05) is 19.1 Å². The van der Waals surface area contributed by atoms with Crippen molar-refractivity contribution in [3.05, 3.63) is 0 Å². The Morgan fingerprint density at radius 2 is 2.00 bits per heavy atom. The molecule has 3 N–H and O–H groups in total.